The summed E-state index contributed by atoms with van der Waals surface area (Å²) in [6.07, 6.45) is 6.27. The summed E-state index contributed by atoms with van der Waals surface area (Å²) in [7, 11) is -2.25. The van der Waals surface area contributed by atoms with Crippen molar-refractivity contribution in [2.24, 2.45) is 5.92 Å². The van der Waals surface area contributed by atoms with Crippen molar-refractivity contribution in [3.05, 3.63) is 71.8 Å². The number of benzene rings is 2. The molecule has 0 aromatic heterocycles. The summed E-state index contributed by atoms with van der Waals surface area (Å²) < 4.78 is 35.5. The summed E-state index contributed by atoms with van der Waals surface area (Å²) in [6, 6.07) is 13.0. The van der Waals surface area contributed by atoms with Gasteiger partial charge in [-0.3, -0.25) is 9.59 Å². The first kappa shape index (κ1) is 30.4. The Bertz CT molecular complexity index is 1260. The van der Waals surface area contributed by atoms with Crippen LogP contribution in [-0.2, 0) is 14.8 Å². The van der Waals surface area contributed by atoms with Gasteiger partial charge in [0.25, 0.3) is 5.91 Å². The maximum Gasteiger partial charge on any atom is 0.257 e. The molecule has 9 heteroatoms. The number of fused-ring (bicyclic) bond motifs is 1. The maximum absolute atomic E-state index is 13.5. The third-order valence-corrected chi connectivity index (χ3v) is 8.34. The van der Waals surface area contributed by atoms with Gasteiger partial charge in [-0.1, -0.05) is 56.3 Å². The summed E-state index contributed by atoms with van der Waals surface area (Å²) in [5.74, 6) is 0.261. The molecule has 2 amide bonds. The number of likely N-dealkylation sites (N-methyl/N-ethyl adjacent to an activating group) is 1. The molecule has 0 unspecified atom stereocenters. The second-order valence-corrected chi connectivity index (χ2v) is 12.2. The first-order chi connectivity index (χ1) is 18.5. The van der Waals surface area contributed by atoms with Gasteiger partial charge in [-0.2, -0.15) is 0 Å². The fourth-order valence-electron chi connectivity index (χ4n) is 4.71. The molecule has 8 nitrogen and oxygen atoms in total. The zero-order chi connectivity index (χ0) is 28.6. The highest BCUT2D eigenvalue weighted by atomic mass is 32.2. The number of rotatable bonds is 6. The highest BCUT2D eigenvalue weighted by molar-refractivity contribution is 7.89. The summed E-state index contributed by atoms with van der Waals surface area (Å²) >= 11 is 0. The van der Waals surface area contributed by atoms with Crippen LogP contribution in [0, 0.1) is 5.92 Å². The molecule has 0 saturated heterocycles. The largest absolute Gasteiger partial charge is 0.491 e. The number of hydrogen-bond donors (Lipinski definition) is 1. The van der Waals surface area contributed by atoms with E-state index in [1.165, 1.54) is 23.1 Å². The van der Waals surface area contributed by atoms with Gasteiger partial charge in [0.15, 0.2) is 0 Å². The fraction of sp³-hybridized carbons (Fsp3) is 0.467. The quantitative estimate of drug-likeness (QED) is 0.517. The van der Waals surface area contributed by atoms with Gasteiger partial charge in [-0.05, 0) is 55.9 Å². The van der Waals surface area contributed by atoms with E-state index in [0.29, 0.717) is 24.8 Å². The normalized spacial score (nSPS) is 19.1. The van der Waals surface area contributed by atoms with E-state index in [4.69, 9.17) is 4.74 Å². The smallest absolute Gasteiger partial charge is 0.257 e. The van der Waals surface area contributed by atoms with Crippen LogP contribution in [0.25, 0.3) is 0 Å². The van der Waals surface area contributed by atoms with Crippen LogP contribution in [0.3, 0.4) is 0 Å². The van der Waals surface area contributed by atoms with Crippen LogP contribution in [0.1, 0.15) is 68.9 Å². The molecule has 1 aliphatic rings. The number of amides is 2. The maximum atomic E-state index is 13.5. The van der Waals surface area contributed by atoms with E-state index in [2.05, 4.69) is 18.6 Å². The molecule has 39 heavy (non-hydrogen) atoms. The topological polar surface area (TPSA) is 96.0 Å². The van der Waals surface area contributed by atoms with Crippen LogP contribution >= 0.6 is 0 Å². The highest BCUT2D eigenvalue weighted by Gasteiger charge is 2.26. The molecule has 0 aliphatic carbocycles. The van der Waals surface area contributed by atoms with Gasteiger partial charge in [0.1, 0.15) is 12.4 Å². The molecule has 0 saturated carbocycles. The van der Waals surface area contributed by atoms with Crippen molar-refractivity contribution < 1.29 is 22.7 Å². The molecule has 1 N–H and O–H groups in total. The van der Waals surface area contributed by atoms with Crippen LogP contribution in [0.15, 0.2) is 65.6 Å². The predicted octanol–water partition coefficient (Wildman–Crippen LogP) is 4.79. The van der Waals surface area contributed by atoms with E-state index in [-0.39, 0.29) is 34.9 Å². The Hall–Kier alpha value is -3.17. The molecule has 0 spiro atoms. The standard InChI is InChI=1S/C30H41N3O5S/c1-22(2)19-26-21-38-29-16-15-27(39(36,37)31-23(3)25-13-9-8-10-14-25)20-28(29)30(35)32(5)17-11-6-7-12-18-33(26)24(4)34/h6,8-11,13-16,20,22-23,26,31H,7,12,17-19,21H2,1-5H3/b11-6+/t23-,26-/m0/s1. The number of nitrogens with zero attached hydrogens (tertiary/aromatic N) is 2. The van der Waals surface area contributed by atoms with E-state index in [9.17, 15) is 18.0 Å². The van der Waals surface area contributed by atoms with Crippen LogP contribution in [0.2, 0.25) is 0 Å². The Balaban J connectivity index is 1.98. The zero-order valence-electron chi connectivity index (χ0n) is 23.6. The Kier molecular flexibility index (Phi) is 10.7. The Morgan fingerprint density at radius 2 is 1.82 bits per heavy atom. The average Bonchev–Trinajstić information content (AvgIpc) is 2.89. The molecule has 2 aromatic carbocycles. The second-order valence-electron chi connectivity index (χ2n) is 10.5. The first-order valence-electron chi connectivity index (χ1n) is 13.5. The van der Waals surface area contributed by atoms with E-state index in [1.807, 2.05) is 47.4 Å². The number of nitrogens with one attached hydrogen (secondary N) is 1. The SMILES string of the molecule is CC(=O)N1CCC/C=C/CN(C)C(=O)c2cc(S(=O)(=O)N[C@@H](C)c3ccccc3)ccc2OC[C@@H]1CC(C)C. The molecule has 2 atom stereocenters. The van der Waals surface area contributed by atoms with Crippen LogP contribution in [-0.4, -0.2) is 62.8 Å². The van der Waals surface area contributed by atoms with Crippen molar-refractivity contribution >= 4 is 21.8 Å². The molecule has 3 rings (SSSR count). The molecule has 0 radical (unpaired) electrons. The third-order valence-electron chi connectivity index (χ3n) is 6.81. The van der Waals surface area contributed by atoms with E-state index >= 15 is 0 Å². The van der Waals surface area contributed by atoms with Gasteiger partial charge in [-0.15, -0.1) is 0 Å². The zero-order valence-corrected chi connectivity index (χ0v) is 24.4. The minimum atomic E-state index is -3.93. The lowest BCUT2D eigenvalue weighted by molar-refractivity contribution is -0.132. The highest BCUT2D eigenvalue weighted by Crippen LogP contribution is 2.27. The predicted molar refractivity (Wildman–Crippen MR) is 153 cm³/mol. The van der Waals surface area contributed by atoms with Gasteiger partial charge >= 0.3 is 0 Å². The molecule has 1 aliphatic heterocycles. The van der Waals surface area contributed by atoms with Gasteiger partial charge in [0.05, 0.1) is 16.5 Å². The van der Waals surface area contributed by atoms with Crippen molar-refractivity contribution in [2.75, 3.05) is 26.7 Å². The molecule has 2 aromatic rings. The minimum absolute atomic E-state index is 0.0172. The van der Waals surface area contributed by atoms with E-state index < -0.39 is 16.1 Å². The lowest BCUT2D eigenvalue weighted by Gasteiger charge is -2.32. The average molecular weight is 556 g/mol. The number of hydrogen-bond acceptors (Lipinski definition) is 5. The number of sulfonamides is 1. The second kappa shape index (κ2) is 13.8. The van der Waals surface area contributed by atoms with Crippen LogP contribution in [0.4, 0.5) is 0 Å². The molecular weight excluding hydrogens is 514 g/mol. The van der Waals surface area contributed by atoms with Gasteiger partial charge in [-0.25, -0.2) is 13.1 Å². The van der Waals surface area contributed by atoms with Gasteiger partial charge in [0.2, 0.25) is 15.9 Å². The van der Waals surface area contributed by atoms with E-state index in [1.54, 1.807) is 20.9 Å². The van der Waals surface area contributed by atoms with Crippen molar-refractivity contribution in [1.82, 2.24) is 14.5 Å². The lowest BCUT2D eigenvalue weighted by Crippen LogP contribution is -2.44. The Labute approximate surface area is 233 Å². The molecule has 1 heterocycles. The summed E-state index contributed by atoms with van der Waals surface area (Å²) in [5, 5.41) is 0. The van der Waals surface area contributed by atoms with Gasteiger partial charge < -0.3 is 14.5 Å². The Morgan fingerprint density at radius 1 is 1.10 bits per heavy atom. The minimum Gasteiger partial charge on any atom is -0.491 e. The summed E-state index contributed by atoms with van der Waals surface area (Å²) in [4.78, 5) is 29.4. The number of carbonyl (C=O) groups excluding carboxylic acids is 2. The molecular formula is C30H41N3O5S. The van der Waals surface area contributed by atoms with Gasteiger partial charge in [0, 0.05) is 33.1 Å². The fourth-order valence-corrected chi connectivity index (χ4v) is 5.97. The first-order valence-corrected chi connectivity index (χ1v) is 15.0. The van der Waals surface area contributed by atoms with Crippen LogP contribution in [0.5, 0.6) is 5.75 Å². The van der Waals surface area contributed by atoms with Crippen molar-refractivity contribution in [1.29, 1.82) is 0 Å². The number of allylic oxidation sites excluding steroid dienone is 1. The Morgan fingerprint density at radius 3 is 2.49 bits per heavy atom. The molecule has 0 bridgehead atoms. The lowest BCUT2D eigenvalue weighted by atomic mass is 10.0. The van der Waals surface area contributed by atoms with Crippen molar-refractivity contribution in [3.8, 4) is 5.75 Å². The summed E-state index contributed by atoms with van der Waals surface area (Å²) in [5.41, 5.74) is 0.993. The van der Waals surface area contributed by atoms with Crippen molar-refractivity contribution in [2.45, 2.75) is 63.9 Å². The summed E-state index contributed by atoms with van der Waals surface area (Å²) in [6.45, 7) is 8.72. The van der Waals surface area contributed by atoms with E-state index in [0.717, 1.165) is 24.8 Å². The molecule has 0 fully saturated rings. The van der Waals surface area contributed by atoms with Crippen molar-refractivity contribution in [3.63, 3.8) is 0 Å². The molecule has 212 valence electrons. The monoisotopic (exact) mass is 555 g/mol. The number of carbonyl (C=O) groups is 2. The third kappa shape index (κ3) is 8.41. The van der Waals surface area contributed by atoms with Crippen LogP contribution < -0.4 is 9.46 Å². The number of ether oxygens (including phenoxy) is 1.